The van der Waals surface area contributed by atoms with Crippen LogP contribution in [0.15, 0.2) is 0 Å². The zero-order valence-corrected chi connectivity index (χ0v) is 10.9. The van der Waals surface area contributed by atoms with Crippen LogP contribution in [0, 0.1) is 5.92 Å². The van der Waals surface area contributed by atoms with Gasteiger partial charge in [0.2, 0.25) is 5.91 Å². The van der Waals surface area contributed by atoms with E-state index in [9.17, 15) is 4.79 Å². The fourth-order valence-electron chi connectivity index (χ4n) is 2.84. The molecular formula is C13H25N3O. The molecule has 1 amide bonds. The van der Waals surface area contributed by atoms with Crippen molar-refractivity contribution in [3.63, 3.8) is 0 Å². The molecule has 2 N–H and O–H groups in total. The van der Waals surface area contributed by atoms with Crippen LogP contribution in [0.25, 0.3) is 0 Å². The quantitative estimate of drug-likeness (QED) is 0.754. The molecule has 1 atom stereocenters. The van der Waals surface area contributed by atoms with E-state index >= 15 is 0 Å². The number of hydrogen-bond acceptors (Lipinski definition) is 3. The molecule has 1 aliphatic carbocycles. The summed E-state index contributed by atoms with van der Waals surface area (Å²) in [5.74, 6) is 0.938. The minimum Gasteiger partial charge on any atom is -0.354 e. The van der Waals surface area contributed by atoms with Gasteiger partial charge in [0.15, 0.2) is 0 Å². The Morgan fingerprint density at radius 1 is 1.35 bits per heavy atom. The Bertz CT molecular complexity index is 245. The highest BCUT2D eigenvalue weighted by atomic mass is 16.2. The summed E-state index contributed by atoms with van der Waals surface area (Å²) in [6.07, 6.45) is 5.27. The van der Waals surface area contributed by atoms with Crippen LogP contribution in [0.1, 0.15) is 32.6 Å². The van der Waals surface area contributed by atoms with Crippen molar-refractivity contribution in [2.75, 3.05) is 32.7 Å². The van der Waals surface area contributed by atoms with Gasteiger partial charge in [-0.15, -0.1) is 0 Å². The van der Waals surface area contributed by atoms with E-state index in [0.717, 1.165) is 38.6 Å². The highest BCUT2D eigenvalue weighted by Gasteiger charge is 2.23. The zero-order chi connectivity index (χ0) is 12.1. The lowest BCUT2D eigenvalue weighted by molar-refractivity contribution is -0.126. The second-order valence-corrected chi connectivity index (χ2v) is 5.36. The Labute approximate surface area is 104 Å². The number of nitrogens with zero attached hydrogens (tertiary/aromatic N) is 1. The smallest absolute Gasteiger partial charge is 0.237 e. The van der Waals surface area contributed by atoms with Gasteiger partial charge in [-0.1, -0.05) is 12.8 Å². The molecule has 4 nitrogen and oxygen atoms in total. The number of carbonyl (C=O) groups excluding carboxylic acids is 1. The van der Waals surface area contributed by atoms with Gasteiger partial charge in [-0.25, -0.2) is 0 Å². The van der Waals surface area contributed by atoms with Crippen molar-refractivity contribution < 1.29 is 4.79 Å². The lowest BCUT2D eigenvalue weighted by atomic mass is 10.1. The van der Waals surface area contributed by atoms with Crippen LogP contribution in [0.3, 0.4) is 0 Å². The Hall–Kier alpha value is -0.610. The third-order valence-electron chi connectivity index (χ3n) is 4.12. The fraction of sp³-hybridized carbons (Fsp3) is 0.923. The Kier molecular flexibility index (Phi) is 4.80. The molecule has 98 valence electrons. The molecule has 0 aromatic heterocycles. The van der Waals surface area contributed by atoms with Crippen LogP contribution < -0.4 is 10.6 Å². The summed E-state index contributed by atoms with van der Waals surface area (Å²) < 4.78 is 0. The maximum absolute atomic E-state index is 12.0. The molecule has 0 bridgehead atoms. The first-order valence-electron chi connectivity index (χ1n) is 7.00. The summed E-state index contributed by atoms with van der Waals surface area (Å²) in [6, 6.07) is 0.0264. The molecule has 2 rings (SSSR count). The van der Waals surface area contributed by atoms with Gasteiger partial charge >= 0.3 is 0 Å². The fourth-order valence-corrected chi connectivity index (χ4v) is 2.84. The van der Waals surface area contributed by atoms with Gasteiger partial charge in [0.1, 0.15) is 0 Å². The molecule has 4 heteroatoms. The van der Waals surface area contributed by atoms with Gasteiger partial charge in [0.05, 0.1) is 6.04 Å². The average Bonchev–Trinajstić information content (AvgIpc) is 2.89. The number of nitrogens with one attached hydrogen (secondary N) is 2. The minimum absolute atomic E-state index is 0.0264. The van der Waals surface area contributed by atoms with E-state index in [0.29, 0.717) is 0 Å². The lowest BCUT2D eigenvalue weighted by Crippen LogP contribution is -2.53. The molecule has 1 heterocycles. The van der Waals surface area contributed by atoms with E-state index in [1.54, 1.807) is 0 Å². The third kappa shape index (κ3) is 3.68. The van der Waals surface area contributed by atoms with Crippen molar-refractivity contribution in [3.8, 4) is 0 Å². The van der Waals surface area contributed by atoms with Crippen molar-refractivity contribution >= 4 is 5.91 Å². The third-order valence-corrected chi connectivity index (χ3v) is 4.12. The monoisotopic (exact) mass is 239 g/mol. The largest absolute Gasteiger partial charge is 0.354 e. The first-order chi connectivity index (χ1) is 8.27. The van der Waals surface area contributed by atoms with Crippen LogP contribution >= 0.6 is 0 Å². The lowest BCUT2D eigenvalue weighted by Gasteiger charge is -2.32. The molecule has 17 heavy (non-hydrogen) atoms. The molecule has 0 aromatic rings. The molecule has 2 aliphatic rings. The SMILES string of the molecule is CC(C(=O)NCC1CCCC1)N1CCNCC1. The summed E-state index contributed by atoms with van der Waals surface area (Å²) in [6.45, 7) is 6.88. The van der Waals surface area contributed by atoms with Crippen LogP contribution in [0.5, 0.6) is 0 Å². The van der Waals surface area contributed by atoms with Crippen molar-refractivity contribution in [1.82, 2.24) is 15.5 Å². The average molecular weight is 239 g/mol. The van der Waals surface area contributed by atoms with Gasteiger partial charge in [0, 0.05) is 32.7 Å². The van der Waals surface area contributed by atoms with Crippen molar-refractivity contribution in [2.45, 2.75) is 38.6 Å². The predicted molar refractivity (Wildman–Crippen MR) is 68.9 cm³/mol. The number of amides is 1. The highest BCUT2D eigenvalue weighted by Crippen LogP contribution is 2.23. The van der Waals surface area contributed by atoms with Crippen LogP contribution in [-0.2, 0) is 4.79 Å². The molecule has 1 unspecified atom stereocenters. The van der Waals surface area contributed by atoms with Gasteiger partial charge in [-0.3, -0.25) is 9.69 Å². The molecule has 1 saturated carbocycles. The number of piperazine rings is 1. The number of carbonyl (C=O) groups is 1. The van der Waals surface area contributed by atoms with Crippen LogP contribution in [-0.4, -0.2) is 49.6 Å². The van der Waals surface area contributed by atoms with E-state index < -0.39 is 0 Å². The standard InChI is InChI=1S/C13H25N3O/c1-11(16-8-6-14-7-9-16)13(17)15-10-12-4-2-3-5-12/h11-12,14H,2-10H2,1H3,(H,15,17). The van der Waals surface area contributed by atoms with E-state index in [1.165, 1.54) is 25.7 Å². The van der Waals surface area contributed by atoms with Gasteiger partial charge < -0.3 is 10.6 Å². The first kappa shape index (κ1) is 12.8. The molecule has 1 saturated heterocycles. The zero-order valence-electron chi connectivity index (χ0n) is 10.9. The van der Waals surface area contributed by atoms with Crippen molar-refractivity contribution in [1.29, 1.82) is 0 Å². The molecule has 0 spiro atoms. The Morgan fingerprint density at radius 3 is 2.65 bits per heavy atom. The predicted octanol–water partition coefficient (Wildman–Crippen LogP) is 0.587. The second kappa shape index (κ2) is 6.36. The minimum atomic E-state index is 0.0264. The van der Waals surface area contributed by atoms with Crippen molar-refractivity contribution in [2.24, 2.45) is 5.92 Å². The molecular weight excluding hydrogens is 214 g/mol. The normalized spacial score (nSPS) is 24.8. The summed E-state index contributed by atoms with van der Waals surface area (Å²) in [4.78, 5) is 14.3. The van der Waals surface area contributed by atoms with Gasteiger partial charge in [-0.05, 0) is 25.7 Å². The molecule has 0 aromatic carbocycles. The highest BCUT2D eigenvalue weighted by molar-refractivity contribution is 5.81. The van der Waals surface area contributed by atoms with Crippen molar-refractivity contribution in [3.05, 3.63) is 0 Å². The van der Waals surface area contributed by atoms with Gasteiger partial charge in [0.25, 0.3) is 0 Å². The summed E-state index contributed by atoms with van der Waals surface area (Å²) >= 11 is 0. The summed E-state index contributed by atoms with van der Waals surface area (Å²) in [5, 5.41) is 6.43. The van der Waals surface area contributed by atoms with Crippen LogP contribution in [0.4, 0.5) is 0 Å². The van der Waals surface area contributed by atoms with Gasteiger partial charge in [-0.2, -0.15) is 0 Å². The maximum Gasteiger partial charge on any atom is 0.237 e. The second-order valence-electron chi connectivity index (χ2n) is 5.36. The van der Waals surface area contributed by atoms with E-state index in [-0.39, 0.29) is 11.9 Å². The topological polar surface area (TPSA) is 44.4 Å². The van der Waals surface area contributed by atoms with E-state index in [1.807, 2.05) is 6.92 Å². The summed E-state index contributed by atoms with van der Waals surface area (Å²) in [5.41, 5.74) is 0. The summed E-state index contributed by atoms with van der Waals surface area (Å²) in [7, 11) is 0. The molecule has 1 aliphatic heterocycles. The first-order valence-corrected chi connectivity index (χ1v) is 7.00. The molecule has 0 radical (unpaired) electrons. The molecule has 2 fully saturated rings. The maximum atomic E-state index is 12.0. The Morgan fingerprint density at radius 2 is 2.00 bits per heavy atom. The number of hydrogen-bond donors (Lipinski definition) is 2. The Balaban J connectivity index is 1.70. The van der Waals surface area contributed by atoms with E-state index in [4.69, 9.17) is 0 Å². The number of rotatable bonds is 4. The van der Waals surface area contributed by atoms with Crippen LogP contribution in [0.2, 0.25) is 0 Å². The van der Waals surface area contributed by atoms with E-state index in [2.05, 4.69) is 15.5 Å².